The van der Waals surface area contributed by atoms with Crippen LogP contribution in [0.2, 0.25) is 5.15 Å². The first kappa shape index (κ1) is 11.9. The minimum atomic E-state index is -0.0114. The van der Waals surface area contributed by atoms with E-state index in [-0.39, 0.29) is 5.78 Å². The summed E-state index contributed by atoms with van der Waals surface area (Å²) in [6.07, 6.45) is 0.411. The smallest absolute Gasteiger partial charge is 0.181 e. The average Bonchev–Trinajstić information content (AvgIpc) is 2.35. The molecule has 0 atom stereocenters. The van der Waals surface area contributed by atoms with Crippen LogP contribution in [0.1, 0.15) is 23.8 Å². The summed E-state index contributed by atoms with van der Waals surface area (Å²) in [5, 5.41) is 1.99. The summed E-state index contributed by atoms with van der Waals surface area (Å²) >= 11 is 5.92. The van der Waals surface area contributed by atoms with Crippen molar-refractivity contribution in [1.82, 2.24) is 4.98 Å². The van der Waals surface area contributed by atoms with Gasteiger partial charge in [0.2, 0.25) is 0 Å². The second kappa shape index (κ2) is 4.72. The largest absolute Gasteiger partial charge is 0.497 e. The molecule has 0 fully saturated rings. The fourth-order valence-corrected chi connectivity index (χ4v) is 1.91. The normalized spacial score (nSPS) is 10.5. The van der Waals surface area contributed by atoms with Gasteiger partial charge in [0.25, 0.3) is 0 Å². The Morgan fingerprint density at radius 2 is 2.18 bits per heavy atom. The van der Waals surface area contributed by atoms with Crippen molar-refractivity contribution in [3.63, 3.8) is 0 Å². The van der Waals surface area contributed by atoms with Gasteiger partial charge in [-0.25, -0.2) is 4.98 Å². The Balaban J connectivity index is 2.72. The zero-order chi connectivity index (χ0) is 12.4. The molecule has 0 aliphatic heterocycles. The van der Waals surface area contributed by atoms with E-state index in [9.17, 15) is 4.79 Å². The van der Waals surface area contributed by atoms with Crippen LogP contribution in [0, 0.1) is 0 Å². The van der Waals surface area contributed by atoms with E-state index in [1.54, 1.807) is 20.1 Å². The molecule has 1 aromatic heterocycles. The third kappa shape index (κ3) is 2.24. The summed E-state index contributed by atoms with van der Waals surface area (Å²) in [6, 6.07) is 7.21. The van der Waals surface area contributed by atoms with Gasteiger partial charge in [0.05, 0.1) is 7.11 Å². The summed E-state index contributed by atoms with van der Waals surface area (Å²) in [7, 11) is 1.60. The van der Waals surface area contributed by atoms with E-state index in [0.717, 1.165) is 16.5 Å². The number of fused-ring (bicyclic) bond motifs is 1. The Bertz CT molecular complexity index is 581. The maximum Gasteiger partial charge on any atom is 0.181 e. The van der Waals surface area contributed by atoms with Crippen LogP contribution in [-0.2, 0) is 0 Å². The number of hydrogen-bond donors (Lipinski definition) is 0. The number of ether oxygens (including phenoxy) is 1. The van der Waals surface area contributed by atoms with Crippen molar-refractivity contribution in [3.05, 3.63) is 35.1 Å². The van der Waals surface area contributed by atoms with Gasteiger partial charge in [-0.3, -0.25) is 4.79 Å². The second-order valence-corrected chi connectivity index (χ2v) is 4.04. The number of nitrogens with zero attached hydrogens (tertiary/aromatic N) is 1. The Morgan fingerprint density at radius 3 is 2.82 bits per heavy atom. The quantitative estimate of drug-likeness (QED) is 0.617. The zero-order valence-corrected chi connectivity index (χ0v) is 10.4. The average molecular weight is 250 g/mol. The van der Waals surface area contributed by atoms with Crippen molar-refractivity contribution in [1.29, 1.82) is 0 Å². The highest BCUT2D eigenvalue weighted by Crippen LogP contribution is 2.26. The van der Waals surface area contributed by atoms with E-state index >= 15 is 0 Å². The highest BCUT2D eigenvalue weighted by atomic mass is 35.5. The number of ketones is 1. The Kier molecular flexibility index (Phi) is 3.29. The molecule has 0 spiro atoms. The lowest BCUT2D eigenvalue weighted by Gasteiger charge is -2.06. The molecule has 0 unspecified atom stereocenters. The SMILES string of the molecule is CCC(=O)c1nc(Cl)cc2cc(OC)ccc12. The van der Waals surface area contributed by atoms with Gasteiger partial charge >= 0.3 is 0 Å². The number of halogens is 1. The van der Waals surface area contributed by atoms with Gasteiger partial charge in [0.15, 0.2) is 5.78 Å². The molecule has 4 heteroatoms. The standard InChI is InChI=1S/C13H12ClNO2/c1-3-11(16)13-10-5-4-9(17-2)6-8(10)7-12(14)15-13/h4-7H,3H2,1-2H3. The number of pyridine rings is 1. The molecular weight excluding hydrogens is 238 g/mol. The van der Waals surface area contributed by atoms with Crippen molar-refractivity contribution in [3.8, 4) is 5.75 Å². The minimum Gasteiger partial charge on any atom is -0.497 e. The van der Waals surface area contributed by atoms with Crippen LogP contribution < -0.4 is 4.74 Å². The Hall–Kier alpha value is -1.61. The molecule has 0 saturated carbocycles. The van der Waals surface area contributed by atoms with E-state index in [0.29, 0.717) is 17.3 Å². The van der Waals surface area contributed by atoms with Crippen molar-refractivity contribution < 1.29 is 9.53 Å². The topological polar surface area (TPSA) is 39.2 Å². The van der Waals surface area contributed by atoms with Gasteiger partial charge in [0, 0.05) is 11.8 Å². The van der Waals surface area contributed by atoms with Crippen LogP contribution in [0.25, 0.3) is 10.8 Å². The van der Waals surface area contributed by atoms with Crippen LogP contribution >= 0.6 is 11.6 Å². The van der Waals surface area contributed by atoms with Crippen molar-refractivity contribution in [2.75, 3.05) is 7.11 Å². The summed E-state index contributed by atoms with van der Waals surface area (Å²) in [5.74, 6) is 0.720. The third-order valence-electron chi connectivity index (χ3n) is 2.59. The minimum absolute atomic E-state index is 0.0114. The molecule has 0 bridgehead atoms. The molecule has 0 radical (unpaired) electrons. The molecule has 17 heavy (non-hydrogen) atoms. The number of aromatic nitrogens is 1. The van der Waals surface area contributed by atoms with E-state index in [4.69, 9.17) is 16.3 Å². The summed E-state index contributed by atoms with van der Waals surface area (Å²) < 4.78 is 5.14. The van der Waals surface area contributed by atoms with E-state index in [2.05, 4.69) is 4.98 Å². The lowest BCUT2D eigenvalue weighted by molar-refractivity contribution is 0.0985. The van der Waals surface area contributed by atoms with Gasteiger partial charge in [-0.05, 0) is 29.7 Å². The molecule has 2 rings (SSSR count). The summed E-state index contributed by atoms with van der Waals surface area (Å²) in [4.78, 5) is 15.9. The monoisotopic (exact) mass is 249 g/mol. The summed E-state index contributed by atoms with van der Waals surface area (Å²) in [6.45, 7) is 1.81. The van der Waals surface area contributed by atoms with Gasteiger partial charge < -0.3 is 4.74 Å². The number of methoxy groups -OCH3 is 1. The highest BCUT2D eigenvalue weighted by molar-refractivity contribution is 6.30. The number of benzene rings is 1. The fraction of sp³-hybridized carbons (Fsp3) is 0.231. The number of hydrogen-bond acceptors (Lipinski definition) is 3. The molecule has 0 N–H and O–H groups in total. The van der Waals surface area contributed by atoms with Gasteiger partial charge in [-0.1, -0.05) is 18.5 Å². The van der Waals surface area contributed by atoms with Gasteiger partial charge in [0.1, 0.15) is 16.6 Å². The molecular formula is C13H12ClNO2. The van der Waals surface area contributed by atoms with Gasteiger partial charge in [-0.15, -0.1) is 0 Å². The fourth-order valence-electron chi connectivity index (χ4n) is 1.71. The first-order valence-corrected chi connectivity index (χ1v) is 5.71. The number of rotatable bonds is 3. The third-order valence-corrected chi connectivity index (χ3v) is 2.79. The van der Waals surface area contributed by atoms with E-state index in [1.165, 1.54) is 0 Å². The van der Waals surface area contributed by atoms with Crippen LogP contribution in [0.5, 0.6) is 5.75 Å². The molecule has 1 aromatic carbocycles. The van der Waals surface area contributed by atoms with Crippen molar-refractivity contribution in [2.45, 2.75) is 13.3 Å². The lowest BCUT2D eigenvalue weighted by atomic mass is 10.1. The molecule has 2 aromatic rings. The first-order chi connectivity index (χ1) is 8.15. The predicted octanol–water partition coefficient (Wildman–Crippen LogP) is 3.49. The van der Waals surface area contributed by atoms with Crippen LogP contribution in [-0.4, -0.2) is 17.9 Å². The van der Waals surface area contributed by atoms with Crippen molar-refractivity contribution >= 4 is 28.2 Å². The Labute approximate surface area is 104 Å². The van der Waals surface area contributed by atoms with Crippen LogP contribution in [0.3, 0.4) is 0 Å². The number of carbonyl (C=O) groups excluding carboxylic acids is 1. The second-order valence-electron chi connectivity index (χ2n) is 3.66. The lowest BCUT2D eigenvalue weighted by Crippen LogP contribution is -2.01. The molecule has 0 saturated heterocycles. The molecule has 88 valence electrons. The zero-order valence-electron chi connectivity index (χ0n) is 9.66. The van der Waals surface area contributed by atoms with E-state index < -0.39 is 0 Å². The maximum atomic E-state index is 11.8. The van der Waals surface area contributed by atoms with Gasteiger partial charge in [-0.2, -0.15) is 0 Å². The molecule has 0 amide bonds. The maximum absolute atomic E-state index is 11.8. The first-order valence-electron chi connectivity index (χ1n) is 5.33. The number of Topliss-reactive ketones (excluding diaryl/α,β-unsaturated/α-hetero) is 1. The van der Waals surface area contributed by atoms with Crippen LogP contribution in [0.4, 0.5) is 0 Å². The molecule has 3 nitrogen and oxygen atoms in total. The molecule has 0 aliphatic rings. The molecule has 1 heterocycles. The Morgan fingerprint density at radius 1 is 1.41 bits per heavy atom. The predicted molar refractivity (Wildman–Crippen MR) is 67.9 cm³/mol. The highest BCUT2D eigenvalue weighted by Gasteiger charge is 2.12. The molecule has 0 aliphatic carbocycles. The summed E-state index contributed by atoms with van der Waals surface area (Å²) in [5.41, 5.74) is 0.428. The van der Waals surface area contributed by atoms with Crippen molar-refractivity contribution in [2.24, 2.45) is 0 Å². The van der Waals surface area contributed by atoms with Crippen LogP contribution in [0.15, 0.2) is 24.3 Å². The number of carbonyl (C=O) groups is 1. The van der Waals surface area contributed by atoms with E-state index in [1.807, 2.05) is 18.2 Å².